The summed E-state index contributed by atoms with van der Waals surface area (Å²) in [5, 5.41) is 5.76. The fourth-order valence-electron chi connectivity index (χ4n) is 3.56. The first-order valence-electron chi connectivity index (χ1n) is 10.3. The van der Waals surface area contributed by atoms with Gasteiger partial charge in [-0.15, -0.1) is 0 Å². The topological polar surface area (TPSA) is 79.9 Å². The Morgan fingerprint density at radius 1 is 0.867 bits per heavy atom. The number of carbonyl (C=O) groups is 2. The number of nitrogens with zero attached hydrogens (tertiary/aromatic N) is 1. The molecule has 1 aliphatic rings. The average molecular weight is 412 g/mol. The van der Waals surface area contributed by atoms with Crippen molar-refractivity contribution in [3.8, 4) is 11.5 Å². The fourth-order valence-corrected chi connectivity index (χ4v) is 3.56. The number of anilines is 2. The van der Waals surface area contributed by atoms with E-state index in [1.807, 2.05) is 6.07 Å². The van der Waals surface area contributed by atoms with Crippen LogP contribution >= 0.6 is 0 Å². The number of amides is 2. The van der Waals surface area contributed by atoms with E-state index in [2.05, 4.69) is 15.5 Å². The number of hydrogen-bond donors (Lipinski definition) is 2. The molecule has 1 aliphatic heterocycles. The van der Waals surface area contributed by atoms with Crippen molar-refractivity contribution >= 4 is 23.2 Å². The van der Waals surface area contributed by atoms with E-state index in [9.17, 15) is 9.59 Å². The molecule has 2 aromatic carbocycles. The lowest BCUT2D eigenvalue weighted by atomic mass is 10.2. The summed E-state index contributed by atoms with van der Waals surface area (Å²) in [6, 6.07) is 12.2. The summed E-state index contributed by atoms with van der Waals surface area (Å²) in [4.78, 5) is 27.3. The zero-order chi connectivity index (χ0) is 21.3. The Morgan fingerprint density at radius 2 is 1.43 bits per heavy atom. The van der Waals surface area contributed by atoms with Crippen LogP contribution in [0.2, 0.25) is 0 Å². The standard InChI is InChI=1S/C23H29N3O4/c1-29-20-15-19(25-23(28)17-10-6-5-7-11-17)21(30-2)14-18(20)24-22(27)16-26-12-8-3-4-9-13-26/h5-7,10-11,14-15H,3-4,8-9,12-13,16H2,1-2H3,(H,24,27)(H,25,28). The number of methoxy groups -OCH3 is 2. The van der Waals surface area contributed by atoms with Crippen LogP contribution in [0.3, 0.4) is 0 Å². The van der Waals surface area contributed by atoms with Gasteiger partial charge in [0.25, 0.3) is 5.91 Å². The molecule has 0 radical (unpaired) electrons. The van der Waals surface area contributed by atoms with Crippen LogP contribution in [0.5, 0.6) is 11.5 Å². The van der Waals surface area contributed by atoms with Crippen molar-refractivity contribution in [2.75, 3.05) is 44.5 Å². The summed E-state index contributed by atoms with van der Waals surface area (Å²) in [5.41, 5.74) is 1.51. The molecule has 0 aliphatic carbocycles. The molecule has 30 heavy (non-hydrogen) atoms. The van der Waals surface area contributed by atoms with Gasteiger partial charge in [0, 0.05) is 17.7 Å². The molecule has 160 valence electrons. The van der Waals surface area contributed by atoms with Crippen LogP contribution in [-0.2, 0) is 4.79 Å². The first-order chi connectivity index (χ1) is 14.6. The molecular weight excluding hydrogens is 382 g/mol. The molecule has 1 fully saturated rings. The highest BCUT2D eigenvalue weighted by Gasteiger charge is 2.18. The minimum atomic E-state index is -0.256. The summed E-state index contributed by atoms with van der Waals surface area (Å²) < 4.78 is 10.9. The molecule has 2 aromatic rings. The second kappa shape index (κ2) is 10.6. The highest BCUT2D eigenvalue weighted by Crippen LogP contribution is 2.36. The van der Waals surface area contributed by atoms with Crippen molar-refractivity contribution in [2.45, 2.75) is 25.7 Å². The van der Waals surface area contributed by atoms with Crippen molar-refractivity contribution in [3.05, 3.63) is 48.0 Å². The quantitative estimate of drug-likeness (QED) is 0.725. The van der Waals surface area contributed by atoms with E-state index in [4.69, 9.17) is 9.47 Å². The molecule has 1 saturated heterocycles. The van der Waals surface area contributed by atoms with Crippen LogP contribution in [0.15, 0.2) is 42.5 Å². The Hall–Kier alpha value is -3.06. The third-order valence-electron chi connectivity index (χ3n) is 5.15. The van der Waals surface area contributed by atoms with Gasteiger partial charge in [-0.25, -0.2) is 0 Å². The normalized spacial score (nSPS) is 14.5. The zero-order valence-corrected chi connectivity index (χ0v) is 17.6. The van der Waals surface area contributed by atoms with Crippen molar-refractivity contribution in [3.63, 3.8) is 0 Å². The Bertz CT molecular complexity index is 862. The molecule has 0 unspecified atom stereocenters. The van der Waals surface area contributed by atoms with Gasteiger partial charge in [-0.2, -0.15) is 0 Å². The monoisotopic (exact) mass is 411 g/mol. The van der Waals surface area contributed by atoms with Crippen LogP contribution in [-0.4, -0.2) is 50.6 Å². The summed E-state index contributed by atoms with van der Waals surface area (Å²) in [5.74, 6) is 0.528. The van der Waals surface area contributed by atoms with Crippen LogP contribution in [0.1, 0.15) is 36.0 Å². The third kappa shape index (κ3) is 5.73. The smallest absolute Gasteiger partial charge is 0.255 e. The van der Waals surface area contributed by atoms with Crippen LogP contribution in [0.25, 0.3) is 0 Å². The Morgan fingerprint density at radius 3 is 2.00 bits per heavy atom. The molecule has 2 amide bonds. The molecule has 0 bridgehead atoms. The predicted octanol–water partition coefficient (Wildman–Crippen LogP) is 3.77. The molecule has 0 atom stereocenters. The molecule has 7 heteroatoms. The summed E-state index contributed by atoms with van der Waals surface area (Å²) in [6.45, 7) is 2.23. The Labute approximate surface area is 177 Å². The first kappa shape index (κ1) is 21.6. The molecule has 1 heterocycles. The van der Waals surface area contributed by atoms with Gasteiger partial charge < -0.3 is 20.1 Å². The van der Waals surface area contributed by atoms with Gasteiger partial charge >= 0.3 is 0 Å². The maximum Gasteiger partial charge on any atom is 0.255 e. The number of ether oxygens (including phenoxy) is 2. The second-order valence-electron chi connectivity index (χ2n) is 7.31. The molecule has 0 spiro atoms. The average Bonchev–Trinajstić information content (AvgIpc) is 3.03. The first-order valence-corrected chi connectivity index (χ1v) is 10.3. The highest BCUT2D eigenvalue weighted by atomic mass is 16.5. The fraction of sp³-hybridized carbons (Fsp3) is 0.391. The van der Waals surface area contributed by atoms with E-state index in [0.29, 0.717) is 35.0 Å². The van der Waals surface area contributed by atoms with E-state index >= 15 is 0 Å². The van der Waals surface area contributed by atoms with Gasteiger partial charge in [0.1, 0.15) is 11.5 Å². The molecule has 2 N–H and O–H groups in total. The van der Waals surface area contributed by atoms with E-state index in [1.165, 1.54) is 27.1 Å². The van der Waals surface area contributed by atoms with Gasteiger partial charge in [0.05, 0.1) is 32.1 Å². The van der Waals surface area contributed by atoms with E-state index in [0.717, 1.165) is 25.9 Å². The van der Waals surface area contributed by atoms with Gasteiger partial charge in [-0.3, -0.25) is 14.5 Å². The van der Waals surface area contributed by atoms with Gasteiger partial charge in [-0.1, -0.05) is 31.0 Å². The van der Waals surface area contributed by atoms with Crippen molar-refractivity contribution in [2.24, 2.45) is 0 Å². The lowest BCUT2D eigenvalue weighted by Crippen LogP contribution is -2.34. The molecule has 3 rings (SSSR count). The Kier molecular flexibility index (Phi) is 7.68. The molecule has 0 saturated carbocycles. The number of nitrogens with one attached hydrogen (secondary N) is 2. The predicted molar refractivity (Wildman–Crippen MR) is 117 cm³/mol. The van der Waals surface area contributed by atoms with E-state index in [-0.39, 0.29) is 11.8 Å². The van der Waals surface area contributed by atoms with Gasteiger partial charge in [0.2, 0.25) is 5.91 Å². The summed E-state index contributed by atoms with van der Waals surface area (Å²) >= 11 is 0. The summed E-state index contributed by atoms with van der Waals surface area (Å²) in [7, 11) is 3.04. The molecule has 0 aromatic heterocycles. The number of hydrogen-bond acceptors (Lipinski definition) is 5. The zero-order valence-electron chi connectivity index (χ0n) is 17.6. The van der Waals surface area contributed by atoms with E-state index < -0.39 is 0 Å². The lowest BCUT2D eigenvalue weighted by molar-refractivity contribution is -0.117. The minimum absolute atomic E-state index is 0.0988. The summed E-state index contributed by atoms with van der Waals surface area (Å²) in [6.07, 6.45) is 4.69. The second-order valence-corrected chi connectivity index (χ2v) is 7.31. The number of carbonyl (C=O) groups excluding carboxylic acids is 2. The maximum atomic E-state index is 12.6. The molecule has 7 nitrogen and oxygen atoms in total. The number of rotatable bonds is 7. The number of likely N-dealkylation sites (tertiary alicyclic amines) is 1. The van der Waals surface area contributed by atoms with E-state index in [1.54, 1.807) is 36.4 Å². The lowest BCUT2D eigenvalue weighted by Gasteiger charge is -2.20. The largest absolute Gasteiger partial charge is 0.494 e. The van der Waals surface area contributed by atoms with Crippen LogP contribution < -0.4 is 20.1 Å². The Balaban J connectivity index is 1.73. The number of benzene rings is 2. The van der Waals surface area contributed by atoms with Crippen molar-refractivity contribution in [1.82, 2.24) is 4.90 Å². The van der Waals surface area contributed by atoms with Gasteiger partial charge in [-0.05, 0) is 38.1 Å². The van der Waals surface area contributed by atoms with Gasteiger partial charge in [0.15, 0.2) is 0 Å². The SMILES string of the molecule is COc1cc(NC(=O)c2ccccc2)c(OC)cc1NC(=O)CN1CCCCCC1. The van der Waals surface area contributed by atoms with Crippen molar-refractivity contribution < 1.29 is 19.1 Å². The van der Waals surface area contributed by atoms with Crippen LogP contribution in [0, 0.1) is 0 Å². The minimum Gasteiger partial charge on any atom is -0.494 e. The molecular formula is C23H29N3O4. The van der Waals surface area contributed by atoms with Crippen molar-refractivity contribution in [1.29, 1.82) is 0 Å². The third-order valence-corrected chi connectivity index (χ3v) is 5.15. The highest BCUT2D eigenvalue weighted by molar-refractivity contribution is 6.05. The van der Waals surface area contributed by atoms with Crippen LogP contribution in [0.4, 0.5) is 11.4 Å². The maximum absolute atomic E-state index is 12.6.